The van der Waals surface area contributed by atoms with E-state index in [4.69, 9.17) is 9.52 Å². The number of aliphatic hydroxyl groups is 1. The van der Waals surface area contributed by atoms with Gasteiger partial charge in [-0.2, -0.15) is 13.2 Å². The third-order valence-electron chi connectivity index (χ3n) is 2.49. The van der Waals surface area contributed by atoms with Gasteiger partial charge in [0.15, 0.2) is 10.8 Å². The van der Waals surface area contributed by atoms with E-state index in [0.717, 1.165) is 4.90 Å². The molecule has 110 valence electrons. The molecule has 2 rings (SSSR count). The first-order chi connectivity index (χ1) is 9.48. The van der Waals surface area contributed by atoms with E-state index in [1.54, 1.807) is 17.5 Å². The zero-order chi connectivity index (χ0) is 14.6. The predicted molar refractivity (Wildman–Crippen MR) is 68.2 cm³/mol. The molecule has 0 aliphatic carbocycles. The average molecular weight is 306 g/mol. The van der Waals surface area contributed by atoms with E-state index >= 15 is 0 Å². The summed E-state index contributed by atoms with van der Waals surface area (Å²) in [5, 5.41) is 11.1. The highest BCUT2D eigenvalue weighted by atomic mass is 32.1. The highest BCUT2D eigenvalue weighted by Crippen LogP contribution is 2.25. The summed E-state index contributed by atoms with van der Waals surface area (Å²) in [4.78, 5) is 5.35. The topological polar surface area (TPSA) is 49.5 Å². The molecule has 0 atom stereocenters. The van der Waals surface area contributed by atoms with E-state index in [2.05, 4.69) is 4.98 Å². The van der Waals surface area contributed by atoms with Gasteiger partial charge in [0.25, 0.3) is 0 Å². The summed E-state index contributed by atoms with van der Waals surface area (Å²) in [6, 6.07) is 3.46. The normalized spacial score (nSPS) is 12.2. The largest absolute Gasteiger partial charge is 0.462 e. The molecule has 2 aromatic heterocycles. The molecule has 20 heavy (non-hydrogen) atoms. The second kappa shape index (κ2) is 6.38. The first-order valence-corrected chi connectivity index (χ1v) is 6.74. The van der Waals surface area contributed by atoms with Gasteiger partial charge in [-0.3, -0.25) is 4.90 Å². The Labute approximate surface area is 117 Å². The van der Waals surface area contributed by atoms with E-state index in [-0.39, 0.29) is 19.7 Å². The van der Waals surface area contributed by atoms with Gasteiger partial charge in [0, 0.05) is 18.5 Å². The minimum atomic E-state index is -4.30. The highest BCUT2D eigenvalue weighted by Gasteiger charge is 2.30. The fourth-order valence-electron chi connectivity index (χ4n) is 1.73. The molecule has 0 aliphatic rings. The quantitative estimate of drug-likeness (QED) is 0.891. The Morgan fingerprint density at radius 2 is 2.20 bits per heavy atom. The van der Waals surface area contributed by atoms with Crippen molar-refractivity contribution in [2.75, 3.05) is 19.7 Å². The van der Waals surface area contributed by atoms with Crippen LogP contribution in [0, 0.1) is 0 Å². The van der Waals surface area contributed by atoms with Gasteiger partial charge < -0.3 is 9.52 Å². The number of aliphatic hydroxyl groups excluding tert-OH is 1. The van der Waals surface area contributed by atoms with Gasteiger partial charge in [-0.15, -0.1) is 11.3 Å². The Kier molecular flexibility index (Phi) is 4.79. The van der Waals surface area contributed by atoms with E-state index in [1.807, 2.05) is 0 Å². The molecule has 0 aliphatic heterocycles. The SMILES string of the molecule is OCCN(Cc1csc(-c2ccco2)n1)CC(F)(F)F. The van der Waals surface area contributed by atoms with Crippen LogP contribution < -0.4 is 0 Å². The third kappa shape index (κ3) is 4.32. The Morgan fingerprint density at radius 1 is 1.40 bits per heavy atom. The molecule has 0 saturated heterocycles. The molecule has 4 nitrogen and oxygen atoms in total. The standard InChI is InChI=1S/C12H13F3N2O2S/c13-12(14,15)8-17(3-4-18)6-9-7-20-11(16-9)10-2-1-5-19-10/h1-2,5,7,18H,3-4,6,8H2. The number of furan rings is 1. The molecule has 0 spiro atoms. The van der Waals surface area contributed by atoms with Gasteiger partial charge in [0.05, 0.1) is 25.1 Å². The minimum absolute atomic E-state index is 0.0390. The number of hydrogen-bond donors (Lipinski definition) is 1. The van der Waals surface area contributed by atoms with Crippen LogP contribution in [-0.2, 0) is 6.54 Å². The zero-order valence-electron chi connectivity index (χ0n) is 10.4. The van der Waals surface area contributed by atoms with Crippen molar-refractivity contribution in [3.8, 4) is 10.8 Å². The van der Waals surface area contributed by atoms with E-state index in [0.29, 0.717) is 16.5 Å². The van der Waals surface area contributed by atoms with Crippen LogP contribution in [0.15, 0.2) is 28.2 Å². The van der Waals surface area contributed by atoms with Crippen LogP contribution in [0.3, 0.4) is 0 Å². The van der Waals surface area contributed by atoms with E-state index in [1.165, 1.54) is 17.6 Å². The lowest BCUT2D eigenvalue weighted by molar-refractivity contribution is -0.148. The van der Waals surface area contributed by atoms with Crippen molar-refractivity contribution in [1.82, 2.24) is 9.88 Å². The molecular formula is C12H13F3N2O2S. The first-order valence-electron chi connectivity index (χ1n) is 5.86. The van der Waals surface area contributed by atoms with Crippen molar-refractivity contribution in [3.05, 3.63) is 29.5 Å². The van der Waals surface area contributed by atoms with Gasteiger partial charge in [-0.1, -0.05) is 0 Å². The summed E-state index contributed by atoms with van der Waals surface area (Å²) < 4.78 is 42.4. The van der Waals surface area contributed by atoms with Gasteiger partial charge in [-0.05, 0) is 12.1 Å². The van der Waals surface area contributed by atoms with Gasteiger partial charge >= 0.3 is 6.18 Å². The van der Waals surface area contributed by atoms with Crippen LogP contribution in [0.2, 0.25) is 0 Å². The van der Waals surface area contributed by atoms with Crippen molar-refractivity contribution >= 4 is 11.3 Å². The maximum Gasteiger partial charge on any atom is 0.401 e. The van der Waals surface area contributed by atoms with Crippen LogP contribution in [0.25, 0.3) is 10.8 Å². The minimum Gasteiger partial charge on any atom is -0.462 e. The summed E-state index contributed by atoms with van der Waals surface area (Å²) in [6.45, 7) is -1.41. The molecule has 0 unspecified atom stereocenters. The summed E-state index contributed by atoms with van der Waals surface area (Å²) in [7, 11) is 0. The molecule has 0 aromatic carbocycles. The number of alkyl halides is 3. The summed E-state index contributed by atoms with van der Waals surface area (Å²) in [5.74, 6) is 0.589. The average Bonchev–Trinajstić information content (AvgIpc) is 2.96. The maximum atomic E-state index is 12.4. The second-order valence-electron chi connectivity index (χ2n) is 4.17. The highest BCUT2D eigenvalue weighted by molar-refractivity contribution is 7.13. The lowest BCUT2D eigenvalue weighted by Gasteiger charge is -2.21. The van der Waals surface area contributed by atoms with Crippen molar-refractivity contribution in [2.24, 2.45) is 0 Å². The predicted octanol–water partition coefficient (Wildman–Crippen LogP) is 2.76. The lowest BCUT2D eigenvalue weighted by Crippen LogP contribution is -2.35. The Morgan fingerprint density at radius 3 is 2.80 bits per heavy atom. The Bertz CT molecular complexity index is 525. The van der Waals surface area contributed by atoms with Gasteiger partial charge in [0.2, 0.25) is 0 Å². The molecule has 0 amide bonds. The number of aromatic nitrogens is 1. The van der Waals surface area contributed by atoms with Crippen LogP contribution in [0.1, 0.15) is 5.69 Å². The van der Waals surface area contributed by atoms with E-state index in [9.17, 15) is 13.2 Å². The fraction of sp³-hybridized carbons (Fsp3) is 0.417. The van der Waals surface area contributed by atoms with Gasteiger partial charge in [0.1, 0.15) is 0 Å². The van der Waals surface area contributed by atoms with Crippen molar-refractivity contribution in [2.45, 2.75) is 12.7 Å². The van der Waals surface area contributed by atoms with Crippen LogP contribution >= 0.6 is 11.3 Å². The van der Waals surface area contributed by atoms with Crippen molar-refractivity contribution in [1.29, 1.82) is 0 Å². The van der Waals surface area contributed by atoms with Crippen molar-refractivity contribution < 1.29 is 22.7 Å². The summed E-state index contributed by atoms with van der Waals surface area (Å²) in [5.41, 5.74) is 0.527. The molecule has 1 N–H and O–H groups in total. The summed E-state index contributed by atoms with van der Waals surface area (Å²) in [6.07, 6.45) is -2.78. The Balaban J connectivity index is 2.03. The first kappa shape index (κ1) is 15.0. The molecule has 0 saturated carbocycles. The number of hydrogen-bond acceptors (Lipinski definition) is 5. The molecular weight excluding hydrogens is 293 g/mol. The molecule has 8 heteroatoms. The van der Waals surface area contributed by atoms with E-state index < -0.39 is 12.7 Å². The lowest BCUT2D eigenvalue weighted by atomic mass is 10.4. The molecule has 0 fully saturated rings. The fourth-order valence-corrected chi connectivity index (χ4v) is 2.51. The Hall–Kier alpha value is -1.38. The molecule has 0 radical (unpaired) electrons. The maximum absolute atomic E-state index is 12.4. The third-order valence-corrected chi connectivity index (χ3v) is 3.39. The van der Waals surface area contributed by atoms with Crippen LogP contribution in [0.4, 0.5) is 13.2 Å². The molecule has 2 aromatic rings. The van der Waals surface area contributed by atoms with Crippen LogP contribution in [-0.4, -0.2) is 40.9 Å². The number of thiazole rings is 1. The number of nitrogens with zero attached hydrogens (tertiary/aromatic N) is 2. The van der Waals surface area contributed by atoms with Gasteiger partial charge in [-0.25, -0.2) is 4.98 Å². The summed E-state index contributed by atoms with van der Waals surface area (Å²) >= 11 is 1.31. The molecule has 0 bridgehead atoms. The molecule has 2 heterocycles. The monoisotopic (exact) mass is 306 g/mol. The number of rotatable bonds is 6. The smallest absolute Gasteiger partial charge is 0.401 e. The second-order valence-corrected chi connectivity index (χ2v) is 5.03. The van der Waals surface area contributed by atoms with Crippen molar-refractivity contribution in [3.63, 3.8) is 0 Å². The number of halogens is 3. The van der Waals surface area contributed by atoms with Crippen LogP contribution in [0.5, 0.6) is 0 Å². The zero-order valence-corrected chi connectivity index (χ0v) is 11.2.